The number of hydrogen-bond donors (Lipinski definition) is 0. The molecule has 4 heteroatoms. The molecular formula is C19H17NOS2. The Labute approximate surface area is 144 Å². The molecule has 2 aromatic heterocycles. The number of benzene rings is 1. The molecule has 0 aliphatic rings. The van der Waals surface area contributed by atoms with E-state index in [0.717, 1.165) is 16.0 Å². The highest BCUT2D eigenvalue weighted by molar-refractivity contribution is 7.23. The average molecular weight is 339 g/mol. The normalized spacial score (nSPS) is 11.0. The molecule has 0 atom stereocenters. The first kappa shape index (κ1) is 15.7. The van der Waals surface area contributed by atoms with Gasteiger partial charge in [-0.1, -0.05) is 18.2 Å². The van der Waals surface area contributed by atoms with Gasteiger partial charge in [0, 0.05) is 34.4 Å². The van der Waals surface area contributed by atoms with Crippen LogP contribution in [-0.2, 0) is 0 Å². The smallest absolute Gasteiger partial charge is 0.160 e. The highest BCUT2D eigenvalue weighted by Gasteiger charge is 2.05. The van der Waals surface area contributed by atoms with E-state index in [-0.39, 0.29) is 0 Å². The second-order valence-corrected chi connectivity index (χ2v) is 7.57. The van der Waals surface area contributed by atoms with E-state index in [1.807, 2.05) is 26.2 Å². The largest absolute Gasteiger partial charge is 0.378 e. The first-order valence-electron chi connectivity index (χ1n) is 7.26. The van der Waals surface area contributed by atoms with E-state index < -0.39 is 0 Å². The molecule has 0 spiro atoms. The standard InChI is InChI=1S/C19H17NOS2/c1-20(2)15-6-3-14(4-7-15)5-8-16-9-11-18(22-16)19-12-10-17(13-21)23-19/h3-13H,1-2H3/b8-5+. The molecule has 0 saturated carbocycles. The molecule has 0 fully saturated rings. The Morgan fingerprint density at radius 3 is 1.96 bits per heavy atom. The first-order valence-corrected chi connectivity index (χ1v) is 8.90. The Balaban J connectivity index is 1.74. The van der Waals surface area contributed by atoms with Crippen LogP contribution in [0.3, 0.4) is 0 Å². The monoisotopic (exact) mass is 339 g/mol. The van der Waals surface area contributed by atoms with Crippen molar-refractivity contribution < 1.29 is 4.79 Å². The second-order valence-electron chi connectivity index (χ2n) is 5.34. The third-order valence-corrected chi connectivity index (χ3v) is 5.72. The van der Waals surface area contributed by atoms with Crippen molar-refractivity contribution in [3.05, 3.63) is 63.8 Å². The van der Waals surface area contributed by atoms with Gasteiger partial charge >= 0.3 is 0 Å². The van der Waals surface area contributed by atoms with Crippen molar-refractivity contribution in [1.29, 1.82) is 0 Å². The number of hydrogen-bond acceptors (Lipinski definition) is 4. The number of rotatable bonds is 5. The number of carbonyl (C=O) groups is 1. The highest BCUT2D eigenvalue weighted by atomic mass is 32.1. The molecule has 0 saturated heterocycles. The Bertz CT molecular complexity index is 825. The zero-order valence-electron chi connectivity index (χ0n) is 13.0. The first-order chi connectivity index (χ1) is 11.2. The van der Waals surface area contributed by atoms with Gasteiger partial charge in [-0.25, -0.2) is 0 Å². The van der Waals surface area contributed by atoms with Crippen LogP contribution in [0.15, 0.2) is 48.5 Å². The van der Waals surface area contributed by atoms with E-state index >= 15 is 0 Å². The van der Waals surface area contributed by atoms with Gasteiger partial charge in [0.2, 0.25) is 0 Å². The molecule has 23 heavy (non-hydrogen) atoms. The van der Waals surface area contributed by atoms with Crippen LogP contribution in [-0.4, -0.2) is 20.4 Å². The maximum Gasteiger partial charge on any atom is 0.160 e. The number of nitrogens with zero attached hydrogens (tertiary/aromatic N) is 1. The third kappa shape index (κ3) is 3.78. The summed E-state index contributed by atoms with van der Waals surface area (Å²) in [5.41, 5.74) is 2.38. The molecule has 116 valence electrons. The van der Waals surface area contributed by atoms with Gasteiger partial charge in [0.05, 0.1) is 4.88 Å². The average Bonchev–Trinajstić information content (AvgIpc) is 3.22. The number of carbonyl (C=O) groups excluding carboxylic acids is 1. The maximum atomic E-state index is 10.8. The minimum atomic E-state index is 0.770. The summed E-state index contributed by atoms with van der Waals surface area (Å²) in [7, 11) is 4.08. The minimum Gasteiger partial charge on any atom is -0.378 e. The number of anilines is 1. The van der Waals surface area contributed by atoms with Gasteiger partial charge in [-0.2, -0.15) is 0 Å². The van der Waals surface area contributed by atoms with Crippen LogP contribution >= 0.6 is 22.7 Å². The highest BCUT2D eigenvalue weighted by Crippen LogP contribution is 2.33. The summed E-state index contributed by atoms with van der Waals surface area (Å²) >= 11 is 3.27. The Hall–Kier alpha value is -2.17. The maximum absolute atomic E-state index is 10.8. The zero-order chi connectivity index (χ0) is 16.2. The van der Waals surface area contributed by atoms with E-state index in [1.165, 1.54) is 32.3 Å². The lowest BCUT2D eigenvalue weighted by Crippen LogP contribution is -2.07. The number of aldehydes is 1. The second kappa shape index (κ2) is 6.94. The van der Waals surface area contributed by atoms with E-state index in [4.69, 9.17) is 0 Å². The molecule has 3 aromatic rings. The molecule has 0 amide bonds. The minimum absolute atomic E-state index is 0.770. The van der Waals surface area contributed by atoms with Gasteiger partial charge < -0.3 is 4.90 Å². The molecule has 0 radical (unpaired) electrons. The van der Waals surface area contributed by atoms with E-state index in [0.29, 0.717) is 0 Å². The summed E-state index contributed by atoms with van der Waals surface area (Å²) in [5.74, 6) is 0. The van der Waals surface area contributed by atoms with Crippen LogP contribution in [0.2, 0.25) is 0 Å². The molecule has 0 N–H and O–H groups in total. The van der Waals surface area contributed by atoms with Gasteiger partial charge in [0.15, 0.2) is 6.29 Å². The molecule has 0 bridgehead atoms. The van der Waals surface area contributed by atoms with Crippen molar-refractivity contribution in [3.63, 3.8) is 0 Å². The van der Waals surface area contributed by atoms with Crippen molar-refractivity contribution in [2.45, 2.75) is 0 Å². The third-order valence-electron chi connectivity index (χ3n) is 3.46. The lowest BCUT2D eigenvalue weighted by atomic mass is 10.2. The van der Waals surface area contributed by atoms with E-state index in [9.17, 15) is 4.79 Å². The fourth-order valence-corrected chi connectivity index (χ4v) is 4.01. The van der Waals surface area contributed by atoms with Crippen LogP contribution in [0.5, 0.6) is 0 Å². The van der Waals surface area contributed by atoms with Crippen molar-refractivity contribution in [2.24, 2.45) is 0 Å². The Kier molecular flexibility index (Phi) is 4.74. The summed E-state index contributed by atoms with van der Waals surface area (Å²) in [4.78, 5) is 17.2. The van der Waals surface area contributed by atoms with Gasteiger partial charge in [-0.15, -0.1) is 22.7 Å². The van der Waals surface area contributed by atoms with Crippen molar-refractivity contribution in [2.75, 3.05) is 19.0 Å². The molecule has 2 heterocycles. The van der Waals surface area contributed by atoms with Crippen molar-refractivity contribution >= 4 is 46.8 Å². The molecular weight excluding hydrogens is 322 g/mol. The summed E-state index contributed by atoms with van der Waals surface area (Å²) in [6, 6.07) is 16.6. The topological polar surface area (TPSA) is 20.3 Å². The van der Waals surface area contributed by atoms with Gasteiger partial charge in [-0.05, 0) is 48.0 Å². The summed E-state index contributed by atoms with van der Waals surface area (Å²) in [6.45, 7) is 0. The van der Waals surface area contributed by atoms with Crippen LogP contribution in [0.4, 0.5) is 5.69 Å². The SMILES string of the molecule is CN(C)c1ccc(/C=C/c2ccc(-c3ccc(C=O)s3)s2)cc1. The Morgan fingerprint density at radius 2 is 1.39 bits per heavy atom. The van der Waals surface area contributed by atoms with Crippen LogP contribution in [0.25, 0.3) is 21.9 Å². The molecule has 3 rings (SSSR count). The predicted octanol–water partition coefficient (Wildman–Crippen LogP) is 5.53. The molecule has 0 unspecified atom stereocenters. The lowest BCUT2D eigenvalue weighted by molar-refractivity contribution is 0.112. The van der Waals surface area contributed by atoms with Crippen molar-refractivity contribution in [1.82, 2.24) is 0 Å². The molecule has 0 aliphatic heterocycles. The molecule has 2 nitrogen and oxygen atoms in total. The van der Waals surface area contributed by atoms with Gasteiger partial charge in [-0.3, -0.25) is 4.79 Å². The predicted molar refractivity (Wildman–Crippen MR) is 103 cm³/mol. The lowest BCUT2D eigenvalue weighted by Gasteiger charge is -2.11. The molecule has 1 aromatic carbocycles. The fraction of sp³-hybridized carbons (Fsp3) is 0.105. The summed E-state index contributed by atoms with van der Waals surface area (Å²) in [6.07, 6.45) is 5.16. The van der Waals surface area contributed by atoms with E-state index in [1.54, 1.807) is 11.3 Å². The van der Waals surface area contributed by atoms with Crippen LogP contribution in [0.1, 0.15) is 20.1 Å². The van der Waals surface area contributed by atoms with Crippen LogP contribution < -0.4 is 4.90 Å². The number of thiophene rings is 2. The summed E-state index contributed by atoms with van der Waals surface area (Å²) in [5, 5.41) is 0. The fourth-order valence-electron chi connectivity index (χ4n) is 2.19. The zero-order valence-corrected chi connectivity index (χ0v) is 14.7. The Morgan fingerprint density at radius 1 is 0.783 bits per heavy atom. The van der Waals surface area contributed by atoms with Gasteiger partial charge in [0.1, 0.15) is 0 Å². The molecule has 0 aliphatic carbocycles. The quantitative estimate of drug-likeness (QED) is 0.570. The van der Waals surface area contributed by atoms with E-state index in [2.05, 4.69) is 53.5 Å². The van der Waals surface area contributed by atoms with Crippen LogP contribution in [0, 0.1) is 0 Å². The summed E-state index contributed by atoms with van der Waals surface area (Å²) < 4.78 is 0. The van der Waals surface area contributed by atoms with Gasteiger partial charge in [0.25, 0.3) is 0 Å². The van der Waals surface area contributed by atoms with Crippen molar-refractivity contribution in [3.8, 4) is 9.75 Å².